The molecular formula is C6H13N3. The zero-order chi connectivity index (χ0) is 7.28. The van der Waals surface area contributed by atoms with E-state index in [-0.39, 0.29) is 0 Å². The molecule has 0 amide bonds. The van der Waals surface area contributed by atoms with Gasteiger partial charge >= 0.3 is 0 Å². The number of aliphatic imine (C=N–C) groups is 1. The summed E-state index contributed by atoms with van der Waals surface area (Å²) in [6, 6.07) is 0. The molecule has 0 aliphatic rings. The van der Waals surface area contributed by atoms with Crippen molar-refractivity contribution in [3.05, 3.63) is 11.9 Å². The molecule has 0 aliphatic carbocycles. The van der Waals surface area contributed by atoms with Crippen LogP contribution in [0.15, 0.2) is 16.9 Å². The summed E-state index contributed by atoms with van der Waals surface area (Å²) in [5.41, 5.74) is 6.03. The first-order chi connectivity index (χ1) is 4.16. The lowest BCUT2D eigenvalue weighted by Gasteiger charge is -1.93. The largest absolute Gasteiger partial charge is 0.401 e. The summed E-state index contributed by atoms with van der Waals surface area (Å²) in [4.78, 5) is 3.96. The third kappa shape index (κ3) is 4.87. The number of nitrogens with two attached hydrogens (primary N) is 1. The molecule has 3 N–H and O–H groups in total. The molecule has 0 unspecified atom stereocenters. The number of rotatable bonds is 1. The third-order valence-electron chi connectivity index (χ3n) is 0.824. The molecule has 52 valence electrons. The average molecular weight is 127 g/mol. The van der Waals surface area contributed by atoms with Crippen molar-refractivity contribution in [2.75, 3.05) is 7.05 Å². The van der Waals surface area contributed by atoms with E-state index in [4.69, 9.17) is 5.73 Å². The Hall–Kier alpha value is -0.990. The van der Waals surface area contributed by atoms with Crippen LogP contribution in [0.1, 0.15) is 13.8 Å². The van der Waals surface area contributed by atoms with Crippen LogP contribution in [0.3, 0.4) is 0 Å². The zero-order valence-corrected chi connectivity index (χ0v) is 6.10. The van der Waals surface area contributed by atoms with Gasteiger partial charge in [-0.2, -0.15) is 0 Å². The molecule has 0 atom stereocenters. The topological polar surface area (TPSA) is 50.4 Å². The highest BCUT2D eigenvalue weighted by atomic mass is 14.9. The van der Waals surface area contributed by atoms with Crippen molar-refractivity contribution < 1.29 is 0 Å². The van der Waals surface area contributed by atoms with E-state index in [1.807, 2.05) is 14.0 Å². The van der Waals surface area contributed by atoms with Gasteiger partial charge in [-0.05, 0) is 13.8 Å². The molecule has 0 bridgehead atoms. The standard InChI is InChI=1S/C6H13N3/c1-5(7)4-9-6(2)8-3/h4H,7H2,1-3H3,(H,8,9)/b5-4+. The average Bonchev–Trinajstić information content (AvgIpc) is 1.83. The molecule has 3 heteroatoms. The van der Waals surface area contributed by atoms with Crippen LogP contribution in [-0.2, 0) is 0 Å². The zero-order valence-electron chi connectivity index (χ0n) is 6.10. The van der Waals surface area contributed by atoms with E-state index in [9.17, 15) is 0 Å². The number of nitrogens with zero attached hydrogens (tertiary/aromatic N) is 1. The monoisotopic (exact) mass is 127 g/mol. The van der Waals surface area contributed by atoms with Crippen LogP contribution in [0.2, 0.25) is 0 Å². The van der Waals surface area contributed by atoms with Crippen LogP contribution in [0, 0.1) is 0 Å². The Kier molecular flexibility index (Phi) is 3.51. The Morgan fingerprint density at radius 3 is 2.44 bits per heavy atom. The van der Waals surface area contributed by atoms with Crippen molar-refractivity contribution in [3.8, 4) is 0 Å². The maximum atomic E-state index is 5.32. The first kappa shape index (κ1) is 8.01. The Bertz CT molecular complexity index is 131. The summed E-state index contributed by atoms with van der Waals surface area (Å²) in [5.74, 6) is 0.861. The van der Waals surface area contributed by atoms with Gasteiger partial charge in [-0.25, -0.2) is 4.99 Å². The summed E-state index contributed by atoms with van der Waals surface area (Å²) >= 11 is 0. The maximum absolute atomic E-state index is 5.32. The number of nitrogens with one attached hydrogen (secondary N) is 1. The van der Waals surface area contributed by atoms with Crippen molar-refractivity contribution in [1.29, 1.82) is 0 Å². The summed E-state index contributed by atoms with van der Waals surface area (Å²) in [7, 11) is 1.82. The lowest BCUT2D eigenvalue weighted by molar-refractivity contribution is 1.14. The molecule has 0 saturated heterocycles. The van der Waals surface area contributed by atoms with E-state index in [0.29, 0.717) is 5.70 Å². The molecule has 0 fully saturated rings. The quantitative estimate of drug-likeness (QED) is 0.397. The number of hydrogen-bond donors (Lipinski definition) is 2. The first-order valence-electron chi connectivity index (χ1n) is 2.81. The molecule has 3 nitrogen and oxygen atoms in total. The van der Waals surface area contributed by atoms with E-state index in [1.54, 1.807) is 13.1 Å². The SMILES string of the molecule is CN/C(C)=N/C=C(\C)N. The normalized spacial score (nSPS) is 13.7. The number of hydrogen-bond acceptors (Lipinski definition) is 2. The van der Waals surface area contributed by atoms with E-state index >= 15 is 0 Å². The van der Waals surface area contributed by atoms with Gasteiger partial charge in [0.25, 0.3) is 0 Å². The van der Waals surface area contributed by atoms with Gasteiger partial charge < -0.3 is 11.1 Å². The van der Waals surface area contributed by atoms with Crippen LogP contribution < -0.4 is 11.1 Å². The summed E-state index contributed by atoms with van der Waals surface area (Å²) in [6.07, 6.45) is 1.62. The van der Waals surface area contributed by atoms with Crippen LogP contribution >= 0.6 is 0 Å². The van der Waals surface area contributed by atoms with Gasteiger partial charge in [-0.1, -0.05) is 0 Å². The van der Waals surface area contributed by atoms with Gasteiger partial charge in [0.15, 0.2) is 0 Å². The van der Waals surface area contributed by atoms with Gasteiger partial charge in [-0.3, -0.25) is 0 Å². The van der Waals surface area contributed by atoms with Crippen molar-refractivity contribution in [2.45, 2.75) is 13.8 Å². The van der Waals surface area contributed by atoms with Crippen LogP contribution in [0.25, 0.3) is 0 Å². The van der Waals surface area contributed by atoms with Gasteiger partial charge in [0.1, 0.15) is 0 Å². The molecule has 0 aliphatic heterocycles. The van der Waals surface area contributed by atoms with Crippen molar-refractivity contribution in [3.63, 3.8) is 0 Å². The van der Waals surface area contributed by atoms with Crippen LogP contribution in [0.5, 0.6) is 0 Å². The lowest BCUT2D eigenvalue weighted by Crippen LogP contribution is -2.12. The highest BCUT2D eigenvalue weighted by molar-refractivity contribution is 5.79. The van der Waals surface area contributed by atoms with Gasteiger partial charge in [0, 0.05) is 18.9 Å². The predicted molar refractivity (Wildman–Crippen MR) is 40.1 cm³/mol. The fourth-order valence-corrected chi connectivity index (χ4v) is 0.263. The van der Waals surface area contributed by atoms with Crippen LogP contribution in [0.4, 0.5) is 0 Å². The van der Waals surface area contributed by atoms with Crippen molar-refractivity contribution >= 4 is 5.84 Å². The molecule has 0 spiro atoms. The Labute approximate surface area is 55.7 Å². The molecular weight excluding hydrogens is 114 g/mol. The second-order valence-corrected chi connectivity index (χ2v) is 1.84. The summed E-state index contributed by atoms with van der Waals surface area (Å²) in [6.45, 7) is 3.67. The van der Waals surface area contributed by atoms with Gasteiger partial charge in [0.05, 0.1) is 5.84 Å². The lowest BCUT2D eigenvalue weighted by atomic mass is 10.5. The van der Waals surface area contributed by atoms with Crippen molar-refractivity contribution in [1.82, 2.24) is 5.32 Å². The molecule has 9 heavy (non-hydrogen) atoms. The van der Waals surface area contributed by atoms with Crippen molar-refractivity contribution in [2.24, 2.45) is 10.7 Å². The van der Waals surface area contributed by atoms with Gasteiger partial charge in [-0.15, -0.1) is 0 Å². The second kappa shape index (κ2) is 3.95. The minimum Gasteiger partial charge on any atom is -0.401 e. The molecule has 0 aromatic rings. The van der Waals surface area contributed by atoms with E-state index in [2.05, 4.69) is 10.3 Å². The molecule has 0 heterocycles. The highest BCUT2D eigenvalue weighted by Gasteiger charge is 1.78. The first-order valence-corrected chi connectivity index (χ1v) is 2.81. The molecule has 0 rings (SSSR count). The van der Waals surface area contributed by atoms with Crippen LogP contribution in [-0.4, -0.2) is 12.9 Å². The molecule has 0 aromatic heterocycles. The van der Waals surface area contributed by atoms with Gasteiger partial charge in [0.2, 0.25) is 0 Å². The highest BCUT2D eigenvalue weighted by Crippen LogP contribution is 1.80. The number of amidine groups is 1. The molecule has 0 saturated carbocycles. The third-order valence-corrected chi connectivity index (χ3v) is 0.824. The Morgan fingerprint density at radius 2 is 2.11 bits per heavy atom. The number of allylic oxidation sites excluding steroid dienone is 1. The Morgan fingerprint density at radius 1 is 1.56 bits per heavy atom. The smallest absolute Gasteiger partial charge is 0.0981 e. The van der Waals surface area contributed by atoms with E-state index in [0.717, 1.165) is 5.84 Å². The Balaban J connectivity index is 3.83. The minimum atomic E-state index is 0.713. The summed E-state index contributed by atoms with van der Waals surface area (Å²) in [5, 5.41) is 2.87. The fourth-order valence-electron chi connectivity index (χ4n) is 0.263. The summed E-state index contributed by atoms with van der Waals surface area (Å²) < 4.78 is 0. The van der Waals surface area contributed by atoms with E-state index < -0.39 is 0 Å². The fraction of sp³-hybridized carbons (Fsp3) is 0.500. The predicted octanol–water partition coefficient (Wildman–Crippen LogP) is 0.444. The minimum absolute atomic E-state index is 0.713. The molecule has 0 radical (unpaired) electrons. The maximum Gasteiger partial charge on any atom is 0.0981 e. The second-order valence-electron chi connectivity index (χ2n) is 1.84. The van der Waals surface area contributed by atoms with E-state index in [1.165, 1.54) is 0 Å². The molecule has 0 aromatic carbocycles.